The van der Waals surface area contributed by atoms with Crippen molar-refractivity contribution in [1.82, 2.24) is 5.32 Å². The number of nitrogens with one attached hydrogen (secondary N) is 1. The van der Waals surface area contributed by atoms with Crippen LogP contribution in [0.15, 0.2) is 0 Å². The second-order valence-electron chi connectivity index (χ2n) is 15.8. The maximum atomic E-state index is 12.8. The molecule has 6 N–H and O–H groups in total. The molecule has 0 fully saturated rings. The zero-order chi connectivity index (χ0) is 39.1. The Morgan fingerprint density at radius 1 is 0.566 bits per heavy atom. The number of phosphoric ester groups is 1. The highest BCUT2D eigenvalue weighted by atomic mass is 31.2. The van der Waals surface area contributed by atoms with Crippen molar-refractivity contribution in [2.45, 2.75) is 250 Å². The van der Waals surface area contributed by atoms with Crippen LogP contribution in [0.3, 0.4) is 0 Å². The minimum absolute atomic E-state index is 0.0626. The average molecular weight is 777 g/mol. The quantitative estimate of drug-likeness (QED) is 0.0303. The van der Waals surface area contributed by atoms with E-state index >= 15 is 0 Å². The Kier molecular flexibility index (Phi) is 39.3. The standard InChI is InChI=1S/C43H89N2O7P/c1-3-5-7-9-11-13-15-17-18-19-20-21-23-24-26-28-30-32-34-40(46)38-43(48)45-41(39-52-53(49,50)51-37-36-44)42(47)35-33-31-29-27-25-22-16-14-12-10-8-6-4-2/h40-42,46-47H,3-39,44H2,1-2H3,(H,45,48)(H,49,50). The molecule has 0 aliphatic heterocycles. The Bertz CT molecular complexity index is 822. The normalized spacial score (nSPS) is 14.6. The van der Waals surface area contributed by atoms with E-state index in [4.69, 9.17) is 14.8 Å². The first-order valence-electron chi connectivity index (χ1n) is 22.7. The van der Waals surface area contributed by atoms with Gasteiger partial charge < -0.3 is 26.2 Å². The van der Waals surface area contributed by atoms with Crippen molar-refractivity contribution >= 4 is 13.7 Å². The minimum Gasteiger partial charge on any atom is -0.393 e. The van der Waals surface area contributed by atoms with Crippen LogP contribution < -0.4 is 11.1 Å². The first kappa shape index (κ1) is 52.5. The molecule has 0 aliphatic rings. The summed E-state index contributed by atoms with van der Waals surface area (Å²) in [5.74, 6) is -0.409. The maximum absolute atomic E-state index is 12.8. The third-order valence-electron chi connectivity index (χ3n) is 10.5. The van der Waals surface area contributed by atoms with Gasteiger partial charge in [0, 0.05) is 6.54 Å². The van der Waals surface area contributed by atoms with E-state index in [1.54, 1.807) is 0 Å². The van der Waals surface area contributed by atoms with Gasteiger partial charge in [-0.3, -0.25) is 13.8 Å². The molecule has 0 heterocycles. The van der Waals surface area contributed by atoms with Gasteiger partial charge in [0.2, 0.25) is 5.91 Å². The summed E-state index contributed by atoms with van der Waals surface area (Å²) in [7, 11) is -4.37. The summed E-state index contributed by atoms with van der Waals surface area (Å²) in [5.41, 5.74) is 5.37. The third kappa shape index (κ3) is 38.1. The lowest BCUT2D eigenvalue weighted by Gasteiger charge is -2.25. The smallest absolute Gasteiger partial charge is 0.393 e. The molecular weight excluding hydrogens is 687 g/mol. The number of hydrogen-bond acceptors (Lipinski definition) is 7. The topological polar surface area (TPSA) is 151 Å². The zero-order valence-corrected chi connectivity index (χ0v) is 35.8. The number of aliphatic hydroxyl groups excluding tert-OH is 2. The lowest BCUT2D eigenvalue weighted by Crippen LogP contribution is -2.47. The van der Waals surface area contributed by atoms with Crippen molar-refractivity contribution < 1.29 is 33.5 Å². The number of amides is 1. The molecule has 9 nitrogen and oxygen atoms in total. The summed E-state index contributed by atoms with van der Waals surface area (Å²) in [6, 6.07) is -0.890. The van der Waals surface area contributed by atoms with Crippen LogP contribution >= 0.6 is 7.82 Å². The van der Waals surface area contributed by atoms with E-state index in [-0.39, 0.29) is 26.2 Å². The average Bonchev–Trinajstić information content (AvgIpc) is 3.13. The van der Waals surface area contributed by atoms with Crippen LogP contribution in [0.4, 0.5) is 0 Å². The Morgan fingerprint density at radius 2 is 0.906 bits per heavy atom. The molecule has 0 rings (SSSR count). The van der Waals surface area contributed by atoms with E-state index in [9.17, 15) is 24.5 Å². The monoisotopic (exact) mass is 777 g/mol. The fourth-order valence-corrected chi connectivity index (χ4v) is 7.82. The predicted molar refractivity (Wildman–Crippen MR) is 223 cm³/mol. The molecule has 10 heteroatoms. The molecular formula is C43H89N2O7P. The van der Waals surface area contributed by atoms with E-state index in [0.717, 1.165) is 38.5 Å². The highest BCUT2D eigenvalue weighted by Crippen LogP contribution is 2.43. The number of carbonyl (C=O) groups is 1. The number of carbonyl (C=O) groups excluding carboxylic acids is 1. The van der Waals surface area contributed by atoms with Crippen LogP contribution in [-0.4, -0.2) is 59.0 Å². The lowest BCUT2D eigenvalue weighted by molar-refractivity contribution is -0.125. The second-order valence-corrected chi connectivity index (χ2v) is 17.3. The summed E-state index contributed by atoms with van der Waals surface area (Å²) in [6.45, 7) is 4.07. The zero-order valence-electron chi connectivity index (χ0n) is 34.9. The Labute approximate surface area is 327 Å². The van der Waals surface area contributed by atoms with Gasteiger partial charge in [-0.25, -0.2) is 4.57 Å². The Balaban J connectivity index is 4.17. The number of hydrogen-bond donors (Lipinski definition) is 5. The summed E-state index contributed by atoms with van der Waals surface area (Å²) in [5, 5.41) is 24.2. The van der Waals surface area contributed by atoms with Gasteiger partial charge in [0.25, 0.3) is 0 Å². The maximum Gasteiger partial charge on any atom is 0.472 e. The molecule has 0 saturated heterocycles. The molecule has 53 heavy (non-hydrogen) atoms. The van der Waals surface area contributed by atoms with Crippen LogP contribution in [0.5, 0.6) is 0 Å². The Hall–Kier alpha value is -0.540. The number of phosphoric acid groups is 1. The van der Waals surface area contributed by atoms with Gasteiger partial charge in [-0.15, -0.1) is 0 Å². The van der Waals surface area contributed by atoms with Gasteiger partial charge in [0.15, 0.2) is 0 Å². The van der Waals surface area contributed by atoms with Gasteiger partial charge in [0.05, 0.1) is 37.9 Å². The molecule has 318 valence electrons. The highest BCUT2D eigenvalue weighted by Gasteiger charge is 2.28. The second kappa shape index (κ2) is 39.7. The fraction of sp³-hybridized carbons (Fsp3) is 0.977. The van der Waals surface area contributed by atoms with Crippen molar-refractivity contribution in [3.63, 3.8) is 0 Å². The predicted octanol–water partition coefficient (Wildman–Crippen LogP) is 11.6. The molecule has 0 radical (unpaired) electrons. The third-order valence-corrected chi connectivity index (χ3v) is 11.5. The molecule has 0 aliphatic carbocycles. The first-order valence-corrected chi connectivity index (χ1v) is 24.2. The van der Waals surface area contributed by atoms with Gasteiger partial charge in [-0.05, 0) is 12.8 Å². The van der Waals surface area contributed by atoms with Crippen LogP contribution in [0.2, 0.25) is 0 Å². The SMILES string of the molecule is CCCCCCCCCCCCCCCCCCCCC(O)CC(=O)NC(COP(=O)(O)OCCN)C(O)CCCCCCCCCCCCCCC. The molecule has 0 aromatic rings. The van der Waals surface area contributed by atoms with Gasteiger partial charge in [-0.1, -0.05) is 213 Å². The highest BCUT2D eigenvalue weighted by molar-refractivity contribution is 7.47. The van der Waals surface area contributed by atoms with Crippen molar-refractivity contribution in [3.05, 3.63) is 0 Å². The van der Waals surface area contributed by atoms with E-state index in [0.29, 0.717) is 12.8 Å². The molecule has 0 spiro atoms. The van der Waals surface area contributed by atoms with Gasteiger partial charge >= 0.3 is 7.82 Å². The van der Waals surface area contributed by atoms with Crippen LogP contribution in [-0.2, 0) is 18.4 Å². The molecule has 4 atom stereocenters. The molecule has 4 unspecified atom stereocenters. The summed E-state index contributed by atoms with van der Waals surface area (Å²) in [4.78, 5) is 22.8. The molecule has 1 amide bonds. The molecule has 0 aromatic heterocycles. The van der Waals surface area contributed by atoms with Crippen molar-refractivity contribution in [1.29, 1.82) is 0 Å². The van der Waals surface area contributed by atoms with Crippen LogP contribution in [0.25, 0.3) is 0 Å². The first-order chi connectivity index (χ1) is 25.8. The molecule has 0 saturated carbocycles. The van der Waals surface area contributed by atoms with Gasteiger partial charge in [-0.2, -0.15) is 0 Å². The van der Waals surface area contributed by atoms with Crippen molar-refractivity contribution in [2.75, 3.05) is 19.8 Å². The minimum atomic E-state index is -4.37. The lowest BCUT2D eigenvalue weighted by atomic mass is 10.0. The molecule has 0 bridgehead atoms. The van der Waals surface area contributed by atoms with Crippen LogP contribution in [0, 0.1) is 0 Å². The fourth-order valence-electron chi connectivity index (χ4n) is 7.06. The van der Waals surface area contributed by atoms with E-state index in [1.807, 2.05) is 0 Å². The number of aliphatic hydroxyl groups is 2. The Morgan fingerprint density at radius 3 is 1.26 bits per heavy atom. The summed E-state index contributed by atoms with van der Waals surface area (Å²) in [6.07, 6.45) is 38.6. The van der Waals surface area contributed by atoms with E-state index < -0.39 is 32.0 Å². The van der Waals surface area contributed by atoms with E-state index in [1.165, 1.54) is 161 Å². The van der Waals surface area contributed by atoms with Crippen molar-refractivity contribution in [2.24, 2.45) is 5.73 Å². The van der Waals surface area contributed by atoms with E-state index in [2.05, 4.69) is 19.2 Å². The summed E-state index contributed by atoms with van der Waals surface area (Å²) < 4.78 is 22.1. The number of unbranched alkanes of at least 4 members (excludes halogenated alkanes) is 29. The van der Waals surface area contributed by atoms with Gasteiger partial charge in [0.1, 0.15) is 0 Å². The number of nitrogens with two attached hydrogens (primary N) is 1. The van der Waals surface area contributed by atoms with Crippen molar-refractivity contribution in [3.8, 4) is 0 Å². The molecule has 0 aromatic carbocycles. The number of rotatable bonds is 43. The summed E-state index contributed by atoms with van der Waals surface area (Å²) >= 11 is 0. The largest absolute Gasteiger partial charge is 0.472 e. The van der Waals surface area contributed by atoms with Crippen LogP contribution in [0.1, 0.15) is 232 Å².